The van der Waals surface area contributed by atoms with Gasteiger partial charge in [0.05, 0.1) is 27.9 Å². The van der Waals surface area contributed by atoms with Gasteiger partial charge in [-0.1, -0.05) is 25.7 Å². The molecule has 1 aromatic carbocycles. The molecule has 1 fully saturated rings. The first-order valence-corrected chi connectivity index (χ1v) is 8.53. The quantitative estimate of drug-likeness (QED) is 0.293. The normalized spacial score (nSPS) is 15.7. The molecule has 0 saturated heterocycles. The number of guanidine groups is 1. The van der Waals surface area contributed by atoms with E-state index in [-0.39, 0.29) is 24.0 Å². The molecule has 1 aromatic rings. The van der Waals surface area contributed by atoms with Gasteiger partial charge in [0.2, 0.25) is 5.75 Å². The molecule has 1 aliphatic rings. The zero-order valence-corrected chi connectivity index (χ0v) is 17.7. The van der Waals surface area contributed by atoms with Gasteiger partial charge in [0.25, 0.3) is 0 Å². The maximum atomic E-state index is 6.05. The molecule has 1 aliphatic carbocycles. The zero-order chi connectivity index (χ0) is 17.4. The van der Waals surface area contributed by atoms with Crippen LogP contribution in [0.25, 0.3) is 0 Å². The first kappa shape index (κ1) is 21.7. The Balaban J connectivity index is 0.00000312. The highest BCUT2D eigenvalue weighted by atomic mass is 127. The van der Waals surface area contributed by atoms with Crippen molar-refractivity contribution in [2.24, 2.45) is 10.7 Å². The summed E-state index contributed by atoms with van der Waals surface area (Å²) in [5.74, 6) is 2.32. The van der Waals surface area contributed by atoms with Crippen molar-refractivity contribution in [2.45, 2.75) is 51.1 Å². The number of hydrogen-bond acceptors (Lipinski definition) is 4. The third-order valence-electron chi connectivity index (χ3n) is 4.36. The van der Waals surface area contributed by atoms with Crippen molar-refractivity contribution in [1.29, 1.82) is 0 Å². The third-order valence-corrected chi connectivity index (χ3v) is 4.36. The summed E-state index contributed by atoms with van der Waals surface area (Å²) in [5.41, 5.74) is 7.01. The van der Waals surface area contributed by atoms with Gasteiger partial charge < -0.3 is 25.3 Å². The molecule has 0 unspecified atom stereocenters. The number of benzene rings is 1. The second-order valence-corrected chi connectivity index (χ2v) is 6.07. The smallest absolute Gasteiger partial charge is 0.203 e. The SMILES string of the molecule is COc1cc(CN=C(N)NC2CCCCCC2)cc(OC)c1OC.I. The summed E-state index contributed by atoms with van der Waals surface area (Å²) < 4.78 is 16.1. The van der Waals surface area contributed by atoms with Crippen LogP contribution in [0.4, 0.5) is 0 Å². The minimum Gasteiger partial charge on any atom is -0.493 e. The van der Waals surface area contributed by atoms with Crippen molar-refractivity contribution >= 4 is 29.9 Å². The van der Waals surface area contributed by atoms with Crippen LogP contribution in [0.15, 0.2) is 17.1 Å². The van der Waals surface area contributed by atoms with E-state index in [1.54, 1.807) is 21.3 Å². The van der Waals surface area contributed by atoms with E-state index >= 15 is 0 Å². The third kappa shape index (κ3) is 6.45. The van der Waals surface area contributed by atoms with Crippen LogP contribution in [0.5, 0.6) is 17.2 Å². The molecule has 0 amide bonds. The van der Waals surface area contributed by atoms with Crippen LogP contribution in [0.1, 0.15) is 44.1 Å². The molecule has 142 valence electrons. The van der Waals surface area contributed by atoms with Crippen molar-refractivity contribution in [3.63, 3.8) is 0 Å². The van der Waals surface area contributed by atoms with Crippen molar-refractivity contribution in [3.8, 4) is 17.2 Å². The first-order chi connectivity index (χ1) is 11.7. The number of nitrogens with zero attached hydrogens (tertiary/aromatic N) is 1. The van der Waals surface area contributed by atoms with Crippen LogP contribution < -0.4 is 25.3 Å². The van der Waals surface area contributed by atoms with E-state index in [0.717, 1.165) is 5.56 Å². The molecule has 0 aromatic heterocycles. The summed E-state index contributed by atoms with van der Waals surface area (Å²) in [7, 11) is 4.80. The largest absolute Gasteiger partial charge is 0.493 e. The predicted octanol–water partition coefficient (Wildman–Crippen LogP) is 3.46. The van der Waals surface area contributed by atoms with Crippen LogP contribution in [0.2, 0.25) is 0 Å². The number of nitrogens with one attached hydrogen (secondary N) is 1. The molecule has 0 heterocycles. The molecule has 0 spiro atoms. The zero-order valence-electron chi connectivity index (χ0n) is 15.3. The van der Waals surface area contributed by atoms with Gasteiger partial charge in [0.1, 0.15) is 0 Å². The van der Waals surface area contributed by atoms with Gasteiger partial charge in [0.15, 0.2) is 17.5 Å². The average Bonchev–Trinajstić information content (AvgIpc) is 2.87. The van der Waals surface area contributed by atoms with Gasteiger partial charge in [-0.2, -0.15) is 0 Å². The first-order valence-electron chi connectivity index (χ1n) is 8.53. The number of aliphatic imine (C=N–C) groups is 1. The van der Waals surface area contributed by atoms with Crippen molar-refractivity contribution in [1.82, 2.24) is 5.32 Å². The second-order valence-electron chi connectivity index (χ2n) is 6.07. The number of rotatable bonds is 6. The summed E-state index contributed by atoms with van der Waals surface area (Å²) >= 11 is 0. The summed E-state index contributed by atoms with van der Waals surface area (Å²) in [6.45, 7) is 0.461. The van der Waals surface area contributed by atoms with Crippen molar-refractivity contribution in [3.05, 3.63) is 17.7 Å². The van der Waals surface area contributed by atoms with Gasteiger partial charge in [-0.05, 0) is 30.5 Å². The monoisotopic (exact) mass is 463 g/mol. The highest BCUT2D eigenvalue weighted by Crippen LogP contribution is 2.38. The van der Waals surface area contributed by atoms with Gasteiger partial charge in [-0.15, -0.1) is 24.0 Å². The maximum absolute atomic E-state index is 6.05. The Morgan fingerprint density at radius 1 is 1.04 bits per heavy atom. The van der Waals surface area contributed by atoms with Gasteiger partial charge in [-0.3, -0.25) is 0 Å². The Hall–Kier alpha value is -1.38. The summed E-state index contributed by atoms with van der Waals surface area (Å²) in [6.07, 6.45) is 7.50. The maximum Gasteiger partial charge on any atom is 0.203 e. The molecular formula is C18H30IN3O3. The molecule has 7 heteroatoms. The molecule has 2 rings (SSSR count). The van der Waals surface area contributed by atoms with E-state index in [1.807, 2.05) is 12.1 Å². The number of ether oxygens (including phenoxy) is 3. The Labute approximate surface area is 167 Å². The number of hydrogen-bond donors (Lipinski definition) is 2. The Morgan fingerprint density at radius 3 is 2.08 bits per heavy atom. The van der Waals surface area contributed by atoms with Crippen LogP contribution in [-0.4, -0.2) is 33.3 Å². The van der Waals surface area contributed by atoms with Crippen LogP contribution in [0, 0.1) is 0 Å². The fourth-order valence-electron chi connectivity index (χ4n) is 3.08. The van der Waals surface area contributed by atoms with Gasteiger partial charge >= 0.3 is 0 Å². The number of methoxy groups -OCH3 is 3. The highest BCUT2D eigenvalue weighted by molar-refractivity contribution is 14.0. The van der Waals surface area contributed by atoms with Crippen molar-refractivity contribution in [2.75, 3.05) is 21.3 Å². The van der Waals surface area contributed by atoms with Crippen molar-refractivity contribution < 1.29 is 14.2 Å². The molecule has 6 nitrogen and oxygen atoms in total. The fourth-order valence-corrected chi connectivity index (χ4v) is 3.08. The van der Waals surface area contributed by atoms with E-state index in [9.17, 15) is 0 Å². The number of halogens is 1. The molecule has 1 saturated carbocycles. The summed E-state index contributed by atoms with van der Waals surface area (Å²) in [6, 6.07) is 4.23. The molecular weight excluding hydrogens is 433 g/mol. The predicted molar refractivity (Wildman–Crippen MR) is 111 cm³/mol. The molecule has 25 heavy (non-hydrogen) atoms. The average molecular weight is 463 g/mol. The molecule has 0 bridgehead atoms. The second kappa shape index (κ2) is 11.3. The lowest BCUT2D eigenvalue weighted by molar-refractivity contribution is 0.324. The Morgan fingerprint density at radius 2 is 1.60 bits per heavy atom. The van der Waals surface area contributed by atoms with Crippen LogP contribution >= 0.6 is 24.0 Å². The van der Waals surface area contributed by atoms with E-state index in [4.69, 9.17) is 19.9 Å². The van der Waals surface area contributed by atoms with Gasteiger partial charge in [0, 0.05) is 6.04 Å². The highest BCUT2D eigenvalue weighted by Gasteiger charge is 2.14. The summed E-state index contributed by atoms with van der Waals surface area (Å²) in [5, 5.41) is 3.35. The lowest BCUT2D eigenvalue weighted by Crippen LogP contribution is -2.39. The minimum atomic E-state index is 0. The molecule has 0 aliphatic heterocycles. The Bertz CT molecular complexity index is 533. The van der Waals surface area contributed by atoms with E-state index < -0.39 is 0 Å². The number of nitrogens with two attached hydrogens (primary N) is 1. The van der Waals surface area contributed by atoms with Crippen LogP contribution in [-0.2, 0) is 6.54 Å². The van der Waals surface area contributed by atoms with E-state index in [1.165, 1.54) is 38.5 Å². The topological polar surface area (TPSA) is 78.1 Å². The lowest BCUT2D eigenvalue weighted by Gasteiger charge is -2.17. The lowest BCUT2D eigenvalue weighted by atomic mass is 10.1. The molecule has 3 N–H and O–H groups in total. The standard InChI is InChI=1S/C18H29N3O3.HI/c1-22-15-10-13(11-16(23-2)17(15)24-3)12-20-18(19)21-14-8-6-4-5-7-9-14;/h10-11,14H,4-9,12H2,1-3H3,(H3,19,20,21);1H. The minimum absolute atomic E-state index is 0. The van der Waals surface area contributed by atoms with Gasteiger partial charge in [-0.25, -0.2) is 4.99 Å². The fraction of sp³-hybridized carbons (Fsp3) is 0.611. The summed E-state index contributed by atoms with van der Waals surface area (Å²) in [4.78, 5) is 4.46. The van der Waals surface area contributed by atoms with E-state index in [2.05, 4.69) is 10.3 Å². The van der Waals surface area contributed by atoms with Crippen LogP contribution in [0.3, 0.4) is 0 Å². The molecule has 0 radical (unpaired) electrons. The Kier molecular flexibility index (Phi) is 9.77. The van der Waals surface area contributed by atoms with E-state index in [0.29, 0.717) is 35.8 Å². The molecule has 0 atom stereocenters.